The van der Waals surface area contributed by atoms with Gasteiger partial charge in [-0.15, -0.1) is 0 Å². The summed E-state index contributed by atoms with van der Waals surface area (Å²) in [5.41, 5.74) is 1.82. The predicted octanol–water partition coefficient (Wildman–Crippen LogP) is 1.50. The molecular formula is C19H24N4O4. The van der Waals surface area contributed by atoms with E-state index in [0.717, 1.165) is 48.8 Å². The summed E-state index contributed by atoms with van der Waals surface area (Å²) in [5, 5.41) is 0. The van der Waals surface area contributed by atoms with Gasteiger partial charge in [-0.05, 0) is 18.6 Å². The Bertz CT molecular complexity index is 805. The smallest absolute Gasteiger partial charge is 0.309 e. The van der Waals surface area contributed by atoms with Crippen molar-refractivity contribution < 1.29 is 18.7 Å². The molecule has 4 rings (SSSR count). The Hall–Kier alpha value is -2.45. The Kier molecular flexibility index (Phi) is 5.09. The van der Waals surface area contributed by atoms with Gasteiger partial charge in [-0.2, -0.15) is 0 Å². The minimum atomic E-state index is -0.146. The summed E-state index contributed by atoms with van der Waals surface area (Å²) < 4.78 is 16.2. The number of carbonyl (C=O) groups excluding carboxylic acids is 1. The second kappa shape index (κ2) is 7.66. The average molecular weight is 372 g/mol. The Morgan fingerprint density at radius 2 is 2.22 bits per heavy atom. The van der Waals surface area contributed by atoms with Gasteiger partial charge in [0.15, 0.2) is 0 Å². The van der Waals surface area contributed by atoms with Crippen LogP contribution in [-0.2, 0) is 24.2 Å². The van der Waals surface area contributed by atoms with Crippen molar-refractivity contribution in [3.05, 3.63) is 41.4 Å². The first-order chi connectivity index (χ1) is 13.2. The minimum Gasteiger partial charge on any atom is -0.495 e. The van der Waals surface area contributed by atoms with Crippen molar-refractivity contribution in [3.63, 3.8) is 0 Å². The lowest BCUT2D eigenvalue weighted by Gasteiger charge is -2.24. The van der Waals surface area contributed by atoms with Crippen LogP contribution in [0.15, 0.2) is 22.7 Å². The molecule has 1 amide bonds. The van der Waals surface area contributed by atoms with E-state index in [1.54, 1.807) is 25.3 Å². The van der Waals surface area contributed by atoms with Crippen LogP contribution in [0.3, 0.4) is 0 Å². The number of amides is 1. The Balaban J connectivity index is 1.40. The fraction of sp³-hybridized carbons (Fsp3) is 0.526. The molecule has 2 aromatic heterocycles. The third kappa shape index (κ3) is 3.81. The zero-order valence-corrected chi connectivity index (χ0v) is 15.7. The van der Waals surface area contributed by atoms with Crippen LogP contribution in [0.4, 0.5) is 0 Å². The molecule has 1 atom stereocenters. The van der Waals surface area contributed by atoms with Crippen molar-refractivity contribution in [2.45, 2.75) is 32.0 Å². The number of rotatable bonds is 5. The third-order valence-corrected chi connectivity index (χ3v) is 5.17. The number of hydrogen-bond acceptors (Lipinski definition) is 7. The normalized spacial score (nSPS) is 19.9. The number of ether oxygens (including phenoxy) is 2. The van der Waals surface area contributed by atoms with E-state index < -0.39 is 0 Å². The maximum atomic E-state index is 12.6. The van der Waals surface area contributed by atoms with Crippen molar-refractivity contribution in [2.75, 3.05) is 33.9 Å². The van der Waals surface area contributed by atoms with Gasteiger partial charge in [0.1, 0.15) is 11.5 Å². The van der Waals surface area contributed by atoms with Crippen LogP contribution in [-0.4, -0.2) is 65.6 Å². The number of pyridine rings is 1. The van der Waals surface area contributed by atoms with Crippen LogP contribution >= 0.6 is 0 Å². The van der Waals surface area contributed by atoms with Crippen molar-refractivity contribution in [1.29, 1.82) is 0 Å². The third-order valence-electron chi connectivity index (χ3n) is 5.17. The SMILES string of the molecule is COc1ccc(CN2CCc3oc(C(=O)N4CC[C@@H](OC)C4)nc3C2)nc1. The molecule has 0 unspecified atom stereocenters. The van der Waals surface area contributed by atoms with E-state index in [2.05, 4.69) is 14.9 Å². The molecule has 8 nitrogen and oxygen atoms in total. The number of aromatic nitrogens is 2. The number of fused-ring (bicyclic) bond motifs is 1. The molecule has 0 saturated carbocycles. The van der Waals surface area contributed by atoms with E-state index in [0.29, 0.717) is 19.6 Å². The molecule has 4 heterocycles. The van der Waals surface area contributed by atoms with Gasteiger partial charge in [0.2, 0.25) is 0 Å². The first-order valence-corrected chi connectivity index (χ1v) is 9.18. The molecule has 2 aliphatic heterocycles. The molecular weight excluding hydrogens is 348 g/mol. The molecule has 0 spiro atoms. The number of carbonyl (C=O) groups is 1. The summed E-state index contributed by atoms with van der Waals surface area (Å²) in [6, 6.07) is 3.87. The van der Waals surface area contributed by atoms with Gasteiger partial charge in [-0.1, -0.05) is 0 Å². The molecule has 144 valence electrons. The zero-order chi connectivity index (χ0) is 18.8. The topological polar surface area (TPSA) is 80.9 Å². The van der Waals surface area contributed by atoms with Crippen LogP contribution in [0.25, 0.3) is 0 Å². The largest absolute Gasteiger partial charge is 0.495 e. The number of hydrogen-bond donors (Lipinski definition) is 0. The first-order valence-electron chi connectivity index (χ1n) is 9.18. The van der Waals surface area contributed by atoms with Crippen LogP contribution in [0.2, 0.25) is 0 Å². The molecule has 0 aromatic carbocycles. The highest BCUT2D eigenvalue weighted by atomic mass is 16.5. The van der Waals surface area contributed by atoms with Gasteiger partial charge in [0.25, 0.3) is 5.89 Å². The highest BCUT2D eigenvalue weighted by molar-refractivity contribution is 5.90. The molecule has 0 N–H and O–H groups in total. The molecule has 1 fully saturated rings. The fourth-order valence-corrected chi connectivity index (χ4v) is 3.57. The lowest BCUT2D eigenvalue weighted by atomic mass is 10.1. The molecule has 2 aliphatic rings. The molecule has 0 radical (unpaired) electrons. The number of likely N-dealkylation sites (tertiary alicyclic amines) is 1. The van der Waals surface area contributed by atoms with Crippen molar-refractivity contribution >= 4 is 5.91 Å². The minimum absolute atomic E-state index is 0.103. The summed E-state index contributed by atoms with van der Waals surface area (Å²) in [7, 11) is 3.30. The van der Waals surface area contributed by atoms with Gasteiger partial charge < -0.3 is 18.8 Å². The van der Waals surface area contributed by atoms with Crippen LogP contribution in [0, 0.1) is 0 Å². The lowest BCUT2D eigenvalue weighted by molar-refractivity contribution is 0.0687. The predicted molar refractivity (Wildman–Crippen MR) is 96.4 cm³/mol. The maximum Gasteiger partial charge on any atom is 0.309 e. The summed E-state index contributed by atoms with van der Waals surface area (Å²) in [5.74, 6) is 1.62. The van der Waals surface area contributed by atoms with Gasteiger partial charge in [0.05, 0.1) is 30.8 Å². The number of methoxy groups -OCH3 is 2. The first kappa shape index (κ1) is 17.9. The summed E-state index contributed by atoms with van der Waals surface area (Å²) in [4.78, 5) is 25.5. The number of nitrogens with zero attached hydrogens (tertiary/aromatic N) is 4. The molecule has 0 aliphatic carbocycles. The molecule has 8 heteroatoms. The molecule has 1 saturated heterocycles. The Morgan fingerprint density at radius 1 is 1.33 bits per heavy atom. The zero-order valence-electron chi connectivity index (χ0n) is 15.7. The average Bonchev–Trinajstić information content (AvgIpc) is 3.34. The summed E-state index contributed by atoms with van der Waals surface area (Å²) in [6.07, 6.45) is 3.42. The highest BCUT2D eigenvalue weighted by Crippen LogP contribution is 2.23. The van der Waals surface area contributed by atoms with Crippen molar-refractivity contribution in [3.8, 4) is 5.75 Å². The summed E-state index contributed by atoms with van der Waals surface area (Å²) in [6.45, 7) is 3.50. The lowest BCUT2D eigenvalue weighted by Crippen LogP contribution is -2.30. The van der Waals surface area contributed by atoms with Gasteiger partial charge >= 0.3 is 5.91 Å². The maximum absolute atomic E-state index is 12.6. The van der Waals surface area contributed by atoms with E-state index in [1.165, 1.54) is 0 Å². The van der Waals surface area contributed by atoms with Crippen LogP contribution in [0.1, 0.15) is 34.3 Å². The van der Waals surface area contributed by atoms with E-state index in [4.69, 9.17) is 13.9 Å². The van der Waals surface area contributed by atoms with Crippen molar-refractivity contribution in [2.24, 2.45) is 0 Å². The van der Waals surface area contributed by atoms with E-state index in [1.807, 2.05) is 12.1 Å². The Labute approximate surface area is 158 Å². The van der Waals surface area contributed by atoms with E-state index in [-0.39, 0.29) is 17.9 Å². The van der Waals surface area contributed by atoms with E-state index in [9.17, 15) is 4.79 Å². The van der Waals surface area contributed by atoms with Gasteiger partial charge in [-0.3, -0.25) is 14.7 Å². The Morgan fingerprint density at radius 3 is 2.93 bits per heavy atom. The summed E-state index contributed by atoms with van der Waals surface area (Å²) >= 11 is 0. The molecule has 2 aromatic rings. The monoisotopic (exact) mass is 372 g/mol. The second-order valence-corrected chi connectivity index (χ2v) is 6.94. The standard InChI is InChI=1S/C19H24N4O4/c1-25-14-4-3-13(20-9-14)10-22-7-6-17-16(12-22)21-18(27-17)19(24)23-8-5-15(11-23)26-2/h3-4,9,15H,5-8,10-12H2,1-2H3/t15-/m1/s1. The van der Waals surface area contributed by atoms with Crippen LogP contribution in [0.5, 0.6) is 5.75 Å². The van der Waals surface area contributed by atoms with Crippen molar-refractivity contribution in [1.82, 2.24) is 19.8 Å². The van der Waals surface area contributed by atoms with E-state index >= 15 is 0 Å². The van der Waals surface area contributed by atoms with Gasteiger partial charge in [-0.25, -0.2) is 4.98 Å². The fourth-order valence-electron chi connectivity index (χ4n) is 3.57. The second-order valence-electron chi connectivity index (χ2n) is 6.94. The highest BCUT2D eigenvalue weighted by Gasteiger charge is 2.31. The van der Waals surface area contributed by atoms with Gasteiger partial charge in [0, 0.05) is 46.3 Å². The quantitative estimate of drug-likeness (QED) is 0.787. The molecule has 0 bridgehead atoms. The molecule has 27 heavy (non-hydrogen) atoms. The number of oxazole rings is 1. The van der Waals surface area contributed by atoms with Crippen LogP contribution < -0.4 is 4.74 Å².